The van der Waals surface area contributed by atoms with E-state index in [2.05, 4.69) is 84.7 Å². The van der Waals surface area contributed by atoms with Crippen LogP contribution in [0.5, 0.6) is 0 Å². The van der Waals surface area contributed by atoms with Crippen molar-refractivity contribution in [3.63, 3.8) is 0 Å². The maximum Gasteiger partial charge on any atom is 0.330 e. The van der Waals surface area contributed by atoms with Crippen molar-refractivity contribution in [2.45, 2.75) is 134 Å². The number of hydrogen-bond donors (Lipinski definition) is 0. The molecule has 7 heteroatoms. The second-order valence-corrected chi connectivity index (χ2v) is 19.1. The summed E-state index contributed by atoms with van der Waals surface area (Å²) in [5.74, 6) is 0.0627. The van der Waals surface area contributed by atoms with Crippen LogP contribution in [0.15, 0.2) is 72.4 Å². The van der Waals surface area contributed by atoms with E-state index in [0.29, 0.717) is 25.4 Å². The lowest BCUT2D eigenvalue weighted by Crippen LogP contribution is -2.43. The molecule has 0 fully saturated rings. The quantitative estimate of drug-likeness (QED) is 0.167. The van der Waals surface area contributed by atoms with E-state index in [1.54, 1.807) is 7.11 Å². The van der Waals surface area contributed by atoms with E-state index in [4.69, 9.17) is 23.4 Å². The van der Waals surface area contributed by atoms with Gasteiger partial charge in [-0.15, -0.1) is 0 Å². The smallest absolute Gasteiger partial charge is 0.330 e. The van der Waals surface area contributed by atoms with Crippen LogP contribution in [0.4, 0.5) is 0 Å². The lowest BCUT2D eigenvalue weighted by Gasteiger charge is -2.39. The molecule has 0 spiro atoms. The monoisotopic (exact) mass is 626 g/mol. The van der Waals surface area contributed by atoms with Crippen molar-refractivity contribution in [2.75, 3.05) is 13.7 Å². The lowest BCUT2D eigenvalue weighted by atomic mass is 9.91. The summed E-state index contributed by atoms with van der Waals surface area (Å²) < 4.78 is 31.1. The van der Waals surface area contributed by atoms with Crippen molar-refractivity contribution in [3.05, 3.63) is 72.4 Å². The zero-order chi connectivity index (χ0) is 32.3. The molecule has 6 nitrogen and oxygen atoms in total. The number of rotatable bonds is 6. The maximum atomic E-state index is 13.0. The highest BCUT2D eigenvalue weighted by Crippen LogP contribution is 2.38. The Morgan fingerprint density at radius 2 is 1.82 bits per heavy atom. The first kappa shape index (κ1) is 36.4. The SMILES string of the molecule is C=C1CC(C)CC2CC=CC(CC=CC(=O)OC(C(C=CC3CC(C)=CCO3)OC)CC=CC(O[Si](C)(C)C(C)(C)C)C1)O2. The Balaban J connectivity index is 1.87. The summed E-state index contributed by atoms with van der Waals surface area (Å²) in [6, 6.07) is 0. The Morgan fingerprint density at radius 3 is 2.52 bits per heavy atom. The molecule has 44 heavy (non-hydrogen) atoms. The van der Waals surface area contributed by atoms with Gasteiger partial charge in [-0.1, -0.05) is 94.0 Å². The number of methoxy groups -OCH3 is 1. The molecule has 7 atom stereocenters. The van der Waals surface area contributed by atoms with Gasteiger partial charge in [-0.05, 0) is 69.5 Å². The lowest BCUT2D eigenvalue weighted by molar-refractivity contribution is -0.148. The average molecular weight is 627 g/mol. The summed E-state index contributed by atoms with van der Waals surface area (Å²) in [4.78, 5) is 13.0. The van der Waals surface area contributed by atoms with Gasteiger partial charge in [0.05, 0.1) is 31.0 Å². The third kappa shape index (κ3) is 12.0. The second-order valence-electron chi connectivity index (χ2n) is 14.4. The molecule has 0 aliphatic carbocycles. The molecule has 0 aromatic heterocycles. The van der Waals surface area contributed by atoms with E-state index < -0.39 is 20.5 Å². The first-order valence-electron chi connectivity index (χ1n) is 16.4. The minimum absolute atomic E-state index is 0.0221. The average Bonchev–Trinajstić information content (AvgIpc) is 2.92. The number of carbonyl (C=O) groups excluding carboxylic acids is 1. The summed E-state index contributed by atoms with van der Waals surface area (Å²) in [6.07, 6.45) is 22.6. The molecule has 0 saturated heterocycles. The number of cyclic esters (lactones) is 1. The summed E-state index contributed by atoms with van der Waals surface area (Å²) in [5, 5.41) is 0.0783. The summed E-state index contributed by atoms with van der Waals surface area (Å²) in [6.45, 7) is 20.8. The molecule has 0 amide bonds. The van der Waals surface area contributed by atoms with Crippen molar-refractivity contribution in [1.82, 2.24) is 0 Å². The number of fused-ring (bicyclic) bond motifs is 2. The zero-order valence-electron chi connectivity index (χ0n) is 28.6. The molecule has 0 radical (unpaired) electrons. The Morgan fingerprint density at radius 1 is 1.07 bits per heavy atom. The molecule has 0 saturated carbocycles. The molecule has 0 aromatic rings. The van der Waals surface area contributed by atoms with Crippen LogP contribution in [-0.4, -0.2) is 64.6 Å². The van der Waals surface area contributed by atoms with Crippen molar-refractivity contribution >= 4 is 14.3 Å². The van der Waals surface area contributed by atoms with Gasteiger partial charge in [0.15, 0.2) is 8.32 Å². The Labute approximate surface area is 268 Å². The fraction of sp³-hybridized carbons (Fsp3) is 0.649. The maximum absolute atomic E-state index is 13.0. The van der Waals surface area contributed by atoms with Crippen LogP contribution in [0.2, 0.25) is 18.1 Å². The van der Waals surface area contributed by atoms with Gasteiger partial charge in [-0.25, -0.2) is 4.79 Å². The topological polar surface area (TPSA) is 63.2 Å². The Bertz CT molecular complexity index is 1090. The van der Waals surface area contributed by atoms with Gasteiger partial charge in [0.2, 0.25) is 0 Å². The molecule has 0 aromatic carbocycles. The number of esters is 1. The number of carbonyl (C=O) groups is 1. The minimum Gasteiger partial charge on any atom is -0.456 e. The van der Waals surface area contributed by atoms with Gasteiger partial charge in [0.25, 0.3) is 0 Å². The second kappa shape index (κ2) is 17.0. The third-order valence-electron chi connectivity index (χ3n) is 9.19. The van der Waals surface area contributed by atoms with Crippen LogP contribution < -0.4 is 0 Å². The zero-order valence-corrected chi connectivity index (χ0v) is 29.6. The number of ether oxygens (including phenoxy) is 4. The first-order valence-corrected chi connectivity index (χ1v) is 19.3. The van der Waals surface area contributed by atoms with Gasteiger partial charge < -0.3 is 23.4 Å². The van der Waals surface area contributed by atoms with Crippen molar-refractivity contribution in [2.24, 2.45) is 5.92 Å². The van der Waals surface area contributed by atoms with Crippen molar-refractivity contribution < 1.29 is 28.2 Å². The fourth-order valence-electron chi connectivity index (χ4n) is 5.70. The summed E-state index contributed by atoms with van der Waals surface area (Å²) >= 11 is 0. The molecule has 3 rings (SSSR count). The van der Waals surface area contributed by atoms with Crippen LogP contribution in [0, 0.1) is 5.92 Å². The van der Waals surface area contributed by atoms with Crippen LogP contribution in [-0.2, 0) is 28.2 Å². The number of hydrogen-bond acceptors (Lipinski definition) is 6. The molecule has 0 N–H and O–H groups in total. The third-order valence-corrected chi connectivity index (χ3v) is 13.7. The normalized spacial score (nSPS) is 30.9. The highest BCUT2D eigenvalue weighted by molar-refractivity contribution is 6.74. The molecule has 2 bridgehead atoms. The molecule has 3 heterocycles. The minimum atomic E-state index is -2.05. The molecular weight excluding hydrogens is 568 g/mol. The van der Waals surface area contributed by atoms with E-state index in [1.165, 1.54) is 17.2 Å². The summed E-state index contributed by atoms with van der Waals surface area (Å²) in [7, 11) is -0.403. The highest BCUT2D eigenvalue weighted by Gasteiger charge is 2.39. The van der Waals surface area contributed by atoms with Gasteiger partial charge in [-0.3, -0.25) is 0 Å². The Kier molecular flexibility index (Phi) is 14.1. The summed E-state index contributed by atoms with van der Waals surface area (Å²) in [5.41, 5.74) is 2.50. The first-order chi connectivity index (χ1) is 20.8. The largest absolute Gasteiger partial charge is 0.456 e. The molecule has 7 unspecified atom stereocenters. The molecule has 3 aliphatic heterocycles. The van der Waals surface area contributed by atoms with E-state index in [9.17, 15) is 4.79 Å². The van der Waals surface area contributed by atoms with Crippen LogP contribution >= 0.6 is 0 Å². The molecule has 3 aliphatic rings. The van der Waals surface area contributed by atoms with E-state index in [-0.39, 0.29) is 35.4 Å². The van der Waals surface area contributed by atoms with Gasteiger partial charge in [0, 0.05) is 19.6 Å². The standard InChI is InChI=1S/C37H58O6Si/c1-27-21-22-40-31(24-27)19-20-34(39-7)35-17-11-16-33(43-44(8,9)37(4,5)6)26-29(3)23-28(2)25-32-15-10-13-30(41-32)14-12-18-36(38)42-35/h10-13,16,18-21,28,30-35H,3,14-15,17,22-26H2,1-2,4-9H3. The Hall–Kier alpha value is -2.03. The van der Waals surface area contributed by atoms with Gasteiger partial charge in [0.1, 0.15) is 12.2 Å². The van der Waals surface area contributed by atoms with Gasteiger partial charge in [-0.2, -0.15) is 0 Å². The highest BCUT2D eigenvalue weighted by atomic mass is 28.4. The molecule has 246 valence electrons. The molecular formula is C37H58O6Si. The fourth-order valence-corrected chi connectivity index (χ4v) is 6.97. The van der Waals surface area contributed by atoms with E-state index in [1.807, 2.05) is 18.2 Å². The van der Waals surface area contributed by atoms with Crippen molar-refractivity contribution in [3.8, 4) is 0 Å². The van der Waals surface area contributed by atoms with Crippen molar-refractivity contribution in [1.29, 1.82) is 0 Å². The van der Waals surface area contributed by atoms with Gasteiger partial charge >= 0.3 is 5.97 Å². The van der Waals surface area contributed by atoms with Crippen LogP contribution in [0.1, 0.15) is 79.6 Å². The van der Waals surface area contributed by atoms with Crippen LogP contribution in [0.25, 0.3) is 0 Å². The predicted molar refractivity (Wildman–Crippen MR) is 182 cm³/mol. The van der Waals surface area contributed by atoms with Crippen LogP contribution in [0.3, 0.4) is 0 Å². The van der Waals surface area contributed by atoms with E-state index in [0.717, 1.165) is 32.1 Å². The van der Waals surface area contributed by atoms with E-state index >= 15 is 0 Å². The predicted octanol–water partition coefficient (Wildman–Crippen LogP) is 8.58.